The number of nitrogens with one attached hydrogen (secondary N) is 1. The predicted molar refractivity (Wildman–Crippen MR) is 103 cm³/mol. The van der Waals surface area contributed by atoms with E-state index in [-0.39, 0.29) is 18.9 Å². The molecule has 10 heteroatoms. The summed E-state index contributed by atoms with van der Waals surface area (Å²) in [7, 11) is 1.83. The number of thiazole rings is 1. The number of hydrogen-bond acceptors (Lipinski definition) is 6. The zero-order chi connectivity index (χ0) is 19.0. The van der Waals surface area contributed by atoms with Gasteiger partial charge in [-0.15, -0.1) is 11.3 Å². The molecule has 0 unspecified atom stereocenters. The van der Waals surface area contributed by atoms with Crippen molar-refractivity contribution in [2.75, 3.05) is 5.32 Å². The van der Waals surface area contributed by atoms with Crippen LogP contribution in [0.1, 0.15) is 6.42 Å². The Kier molecular flexibility index (Phi) is 4.54. The molecule has 4 rings (SSSR count). The fourth-order valence-electron chi connectivity index (χ4n) is 2.66. The summed E-state index contributed by atoms with van der Waals surface area (Å²) in [6.45, 7) is 0.195. The summed E-state index contributed by atoms with van der Waals surface area (Å²) in [5.41, 5.74) is 2.63. The van der Waals surface area contributed by atoms with E-state index in [1.807, 2.05) is 18.6 Å². The lowest BCUT2D eigenvalue weighted by molar-refractivity contribution is -0.116. The highest BCUT2D eigenvalue weighted by atomic mass is 35.5. The highest BCUT2D eigenvalue weighted by molar-refractivity contribution is 7.14. The van der Waals surface area contributed by atoms with Crippen LogP contribution >= 0.6 is 22.9 Å². The minimum Gasteiger partial charge on any atom is -0.408 e. The lowest BCUT2D eigenvalue weighted by atomic mass is 10.3. The number of anilines is 1. The van der Waals surface area contributed by atoms with Crippen LogP contribution in [-0.2, 0) is 18.4 Å². The molecular formula is C17H14ClN5O3S. The molecule has 27 heavy (non-hydrogen) atoms. The molecule has 4 aromatic rings. The number of rotatable bonds is 5. The predicted octanol–water partition coefficient (Wildman–Crippen LogP) is 3.13. The molecule has 138 valence electrons. The van der Waals surface area contributed by atoms with Gasteiger partial charge in [-0.1, -0.05) is 11.6 Å². The number of aryl methyl sites for hydroxylation is 2. The average Bonchev–Trinajstić information content (AvgIpc) is 3.31. The third-order valence-corrected chi connectivity index (χ3v) is 4.94. The number of carbonyl (C=O) groups excluding carboxylic acids is 1. The number of fused-ring (bicyclic) bond motifs is 1. The minimum atomic E-state index is -0.520. The highest BCUT2D eigenvalue weighted by Crippen LogP contribution is 2.24. The molecule has 1 aromatic carbocycles. The fraction of sp³-hybridized carbons (Fsp3) is 0.176. The molecule has 1 amide bonds. The van der Waals surface area contributed by atoms with Crippen LogP contribution in [0, 0.1) is 0 Å². The molecule has 0 aliphatic carbocycles. The third-order valence-electron chi connectivity index (χ3n) is 3.94. The van der Waals surface area contributed by atoms with Crippen molar-refractivity contribution in [1.29, 1.82) is 0 Å². The van der Waals surface area contributed by atoms with Gasteiger partial charge in [0, 0.05) is 48.2 Å². The first-order valence-electron chi connectivity index (χ1n) is 8.03. The van der Waals surface area contributed by atoms with E-state index >= 15 is 0 Å². The standard InChI is InChI=1S/C17H14ClN5O3S/c1-22-8-10(7-19-22)12-9-27-16(20-12)21-15(24)4-5-23-13-3-2-11(18)6-14(13)26-17(23)25/h2-3,6-9H,4-5H2,1H3,(H,20,21,24). The Balaban J connectivity index is 1.43. The molecule has 0 radical (unpaired) electrons. The molecule has 0 saturated carbocycles. The Bertz CT molecular complexity index is 1190. The summed E-state index contributed by atoms with van der Waals surface area (Å²) in [5, 5.41) is 9.68. The Hall–Kier alpha value is -2.91. The molecule has 0 atom stereocenters. The zero-order valence-electron chi connectivity index (χ0n) is 14.2. The zero-order valence-corrected chi connectivity index (χ0v) is 15.8. The quantitative estimate of drug-likeness (QED) is 0.552. The van der Waals surface area contributed by atoms with Crippen LogP contribution < -0.4 is 11.1 Å². The average molecular weight is 404 g/mol. The van der Waals surface area contributed by atoms with Gasteiger partial charge in [-0.3, -0.25) is 14.0 Å². The van der Waals surface area contributed by atoms with Crippen molar-refractivity contribution >= 4 is 45.1 Å². The molecule has 0 aliphatic rings. The second-order valence-electron chi connectivity index (χ2n) is 5.87. The van der Waals surface area contributed by atoms with Crippen LogP contribution in [-0.4, -0.2) is 25.2 Å². The van der Waals surface area contributed by atoms with Gasteiger partial charge >= 0.3 is 5.76 Å². The first kappa shape index (κ1) is 17.5. The van der Waals surface area contributed by atoms with Gasteiger partial charge in [0.05, 0.1) is 17.4 Å². The maximum atomic E-state index is 12.2. The fourth-order valence-corrected chi connectivity index (χ4v) is 3.56. The van der Waals surface area contributed by atoms with Crippen LogP contribution in [0.2, 0.25) is 5.02 Å². The highest BCUT2D eigenvalue weighted by Gasteiger charge is 2.13. The van der Waals surface area contributed by atoms with Crippen molar-refractivity contribution < 1.29 is 9.21 Å². The second-order valence-corrected chi connectivity index (χ2v) is 7.16. The van der Waals surface area contributed by atoms with E-state index in [0.717, 1.165) is 11.3 Å². The van der Waals surface area contributed by atoms with E-state index in [1.54, 1.807) is 29.1 Å². The van der Waals surface area contributed by atoms with Crippen LogP contribution in [0.4, 0.5) is 5.13 Å². The molecule has 0 spiro atoms. The van der Waals surface area contributed by atoms with Gasteiger partial charge in [0.25, 0.3) is 0 Å². The Morgan fingerprint density at radius 3 is 3.04 bits per heavy atom. The third kappa shape index (κ3) is 3.64. The maximum Gasteiger partial charge on any atom is 0.419 e. The summed E-state index contributed by atoms with van der Waals surface area (Å²) in [6, 6.07) is 4.94. The van der Waals surface area contributed by atoms with Gasteiger partial charge in [-0.05, 0) is 12.1 Å². The molecule has 0 fully saturated rings. The maximum absolute atomic E-state index is 12.2. The molecule has 8 nitrogen and oxygen atoms in total. The molecule has 0 saturated heterocycles. The lowest BCUT2D eigenvalue weighted by Crippen LogP contribution is -2.19. The Morgan fingerprint density at radius 1 is 1.41 bits per heavy atom. The number of halogens is 1. The number of nitrogens with zero attached hydrogens (tertiary/aromatic N) is 4. The molecule has 3 heterocycles. The van der Waals surface area contributed by atoms with Crippen LogP contribution in [0.15, 0.2) is 45.2 Å². The van der Waals surface area contributed by atoms with Gasteiger partial charge in [0.15, 0.2) is 10.7 Å². The summed E-state index contributed by atoms with van der Waals surface area (Å²) in [6.07, 6.45) is 3.67. The Morgan fingerprint density at radius 2 is 2.26 bits per heavy atom. The summed E-state index contributed by atoms with van der Waals surface area (Å²) in [4.78, 5) is 28.6. The lowest BCUT2D eigenvalue weighted by Gasteiger charge is -2.03. The van der Waals surface area contributed by atoms with Gasteiger partial charge in [-0.25, -0.2) is 9.78 Å². The largest absolute Gasteiger partial charge is 0.419 e. The number of oxazole rings is 1. The van der Waals surface area contributed by atoms with E-state index in [9.17, 15) is 9.59 Å². The topological polar surface area (TPSA) is 95.0 Å². The number of carbonyl (C=O) groups is 1. The summed E-state index contributed by atoms with van der Waals surface area (Å²) in [5.74, 6) is -0.759. The molecule has 0 aliphatic heterocycles. The van der Waals surface area contributed by atoms with Gasteiger partial charge < -0.3 is 9.73 Å². The smallest absolute Gasteiger partial charge is 0.408 e. The Labute approximate surface area is 162 Å². The number of hydrogen-bond donors (Lipinski definition) is 1. The van der Waals surface area contributed by atoms with E-state index in [2.05, 4.69) is 15.4 Å². The van der Waals surface area contributed by atoms with Crippen molar-refractivity contribution in [1.82, 2.24) is 19.3 Å². The van der Waals surface area contributed by atoms with Crippen molar-refractivity contribution in [3.63, 3.8) is 0 Å². The first-order valence-corrected chi connectivity index (χ1v) is 9.28. The van der Waals surface area contributed by atoms with E-state index in [1.165, 1.54) is 15.9 Å². The van der Waals surface area contributed by atoms with E-state index in [0.29, 0.717) is 21.3 Å². The number of amides is 1. The van der Waals surface area contributed by atoms with Crippen LogP contribution in [0.25, 0.3) is 22.4 Å². The second kappa shape index (κ2) is 7.01. The SMILES string of the molecule is Cn1cc(-c2csc(NC(=O)CCn3c(=O)oc4cc(Cl)ccc43)n2)cn1. The molecular weight excluding hydrogens is 390 g/mol. The van der Waals surface area contributed by atoms with Gasteiger partial charge in [0.2, 0.25) is 5.91 Å². The van der Waals surface area contributed by atoms with Crippen LogP contribution in [0.5, 0.6) is 0 Å². The minimum absolute atomic E-state index is 0.110. The normalized spacial score (nSPS) is 11.2. The number of aromatic nitrogens is 4. The van der Waals surface area contributed by atoms with Crippen molar-refractivity contribution in [2.24, 2.45) is 7.05 Å². The van der Waals surface area contributed by atoms with Crippen molar-refractivity contribution in [3.8, 4) is 11.3 Å². The van der Waals surface area contributed by atoms with Crippen molar-refractivity contribution in [2.45, 2.75) is 13.0 Å². The van der Waals surface area contributed by atoms with Gasteiger partial charge in [-0.2, -0.15) is 5.10 Å². The summed E-state index contributed by atoms with van der Waals surface area (Å²) < 4.78 is 8.26. The monoisotopic (exact) mass is 403 g/mol. The molecule has 3 aromatic heterocycles. The first-order chi connectivity index (χ1) is 13.0. The van der Waals surface area contributed by atoms with E-state index in [4.69, 9.17) is 16.0 Å². The molecule has 0 bridgehead atoms. The molecule has 1 N–H and O–H groups in total. The van der Waals surface area contributed by atoms with E-state index < -0.39 is 5.76 Å². The number of benzene rings is 1. The van der Waals surface area contributed by atoms with Crippen LogP contribution in [0.3, 0.4) is 0 Å². The van der Waals surface area contributed by atoms with Gasteiger partial charge in [0.1, 0.15) is 0 Å². The van der Waals surface area contributed by atoms with Crippen molar-refractivity contribution in [3.05, 3.63) is 51.5 Å². The summed E-state index contributed by atoms with van der Waals surface area (Å²) >= 11 is 7.23.